The molecule has 0 unspecified atom stereocenters. The molecule has 6 nitrogen and oxygen atoms in total. The highest BCUT2D eigenvalue weighted by atomic mass is 16.5. The number of rotatable bonds is 4. The van der Waals surface area contributed by atoms with E-state index in [1.165, 1.54) is 0 Å². The van der Waals surface area contributed by atoms with Crippen molar-refractivity contribution in [3.63, 3.8) is 0 Å². The van der Waals surface area contributed by atoms with E-state index in [1.807, 2.05) is 30.3 Å². The van der Waals surface area contributed by atoms with Gasteiger partial charge in [0.05, 0.1) is 12.8 Å². The summed E-state index contributed by atoms with van der Waals surface area (Å²) in [4.78, 5) is 15.5. The first-order chi connectivity index (χ1) is 11.2. The first kappa shape index (κ1) is 13.8. The van der Waals surface area contributed by atoms with Gasteiger partial charge in [-0.3, -0.25) is 0 Å². The second-order valence-corrected chi connectivity index (χ2v) is 5.67. The van der Waals surface area contributed by atoms with Gasteiger partial charge in [-0.05, 0) is 43.2 Å². The number of benzene rings is 1. The Morgan fingerprint density at radius 2 is 2.00 bits per heavy atom. The molecule has 0 spiro atoms. The molecule has 1 aliphatic rings. The third-order valence-electron chi connectivity index (χ3n) is 4.06. The molecule has 3 aromatic rings. The van der Waals surface area contributed by atoms with E-state index in [2.05, 4.69) is 10.1 Å². The van der Waals surface area contributed by atoms with Gasteiger partial charge in [-0.25, -0.2) is 14.3 Å². The van der Waals surface area contributed by atoms with Gasteiger partial charge in [-0.1, -0.05) is 0 Å². The summed E-state index contributed by atoms with van der Waals surface area (Å²) in [5.41, 5.74) is 3.27. The molecule has 1 aromatic carbocycles. The van der Waals surface area contributed by atoms with Crippen molar-refractivity contribution in [1.82, 2.24) is 14.6 Å². The number of fused-ring (bicyclic) bond motifs is 1. The summed E-state index contributed by atoms with van der Waals surface area (Å²) in [6, 6.07) is 11.1. The fourth-order valence-corrected chi connectivity index (χ4v) is 2.68. The minimum Gasteiger partial charge on any atom is -0.497 e. The van der Waals surface area contributed by atoms with Crippen LogP contribution < -0.4 is 4.74 Å². The summed E-state index contributed by atoms with van der Waals surface area (Å²) >= 11 is 0. The van der Waals surface area contributed by atoms with Crippen LogP contribution in [-0.2, 0) is 0 Å². The lowest BCUT2D eigenvalue weighted by atomic mass is 10.1. The van der Waals surface area contributed by atoms with Gasteiger partial charge in [-0.15, -0.1) is 0 Å². The van der Waals surface area contributed by atoms with Crippen LogP contribution in [-0.4, -0.2) is 32.8 Å². The Morgan fingerprint density at radius 3 is 2.61 bits per heavy atom. The first-order valence-corrected chi connectivity index (χ1v) is 7.44. The zero-order valence-corrected chi connectivity index (χ0v) is 12.6. The van der Waals surface area contributed by atoms with Crippen molar-refractivity contribution in [1.29, 1.82) is 0 Å². The topological polar surface area (TPSA) is 76.7 Å². The second kappa shape index (κ2) is 5.08. The lowest BCUT2D eigenvalue weighted by Gasteiger charge is -2.04. The summed E-state index contributed by atoms with van der Waals surface area (Å²) in [7, 11) is 1.62. The van der Waals surface area contributed by atoms with Gasteiger partial charge < -0.3 is 9.84 Å². The highest BCUT2D eigenvalue weighted by Crippen LogP contribution is 2.40. The molecule has 2 heterocycles. The molecule has 0 atom stereocenters. The Bertz CT molecular complexity index is 895. The van der Waals surface area contributed by atoms with Crippen molar-refractivity contribution < 1.29 is 14.6 Å². The van der Waals surface area contributed by atoms with Crippen LogP contribution >= 0.6 is 0 Å². The minimum absolute atomic E-state index is 0.0700. The zero-order valence-electron chi connectivity index (χ0n) is 12.6. The van der Waals surface area contributed by atoms with E-state index < -0.39 is 5.97 Å². The van der Waals surface area contributed by atoms with Gasteiger partial charge >= 0.3 is 5.97 Å². The molecule has 116 valence electrons. The van der Waals surface area contributed by atoms with Crippen molar-refractivity contribution in [2.75, 3.05) is 7.11 Å². The quantitative estimate of drug-likeness (QED) is 0.801. The number of ether oxygens (including phenoxy) is 1. The SMILES string of the molecule is COc1ccc(-c2cc3nc(C(=O)O)cc(C4CC4)n3n2)cc1. The molecule has 4 rings (SSSR count). The molecule has 0 bridgehead atoms. The summed E-state index contributed by atoms with van der Waals surface area (Å²) in [5.74, 6) is 0.145. The fourth-order valence-electron chi connectivity index (χ4n) is 2.68. The lowest BCUT2D eigenvalue weighted by Crippen LogP contribution is -2.06. The van der Waals surface area contributed by atoms with Crippen LogP contribution in [0.2, 0.25) is 0 Å². The molecule has 1 saturated carbocycles. The summed E-state index contributed by atoms with van der Waals surface area (Å²) in [6.07, 6.45) is 2.13. The monoisotopic (exact) mass is 309 g/mol. The van der Waals surface area contributed by atoms with Gasteiger partial charge in [0.15, 0.2) is 11.3 Å². The van der Waals surface area contributed by atoms with Crippen LogP contribution in [0.1, 0.15) is 34.9 Å². The number of hydrogen-bond acceptors (Lipinski definition) is 4. The average Bonchev–Trinajstić information content (AvgIpc) is 3.32. The molecule has 23 heavy (non-hydrogen) atoms. The van der Waals surface area contributed by atoms with Crippen LogP contribution in [0.3, 0.4) is 0 Å². The summed E-state index contributed by atoms with van der Waals surface area (Å²) in [6.45, 7) is 0. The van der Waals surface area contributed by atoms with Crippen molar-refractivity contribution >= 4 is 11.6 Å². The van der Waals surface area contributed by atoms with E-state index in [1.54, 1.807) is 17.7 Å². The zero-order chi connectivity index (χ0) is 16.0. The van der Waals surface area contributed by atoms with Gasteiger partial charge in [0.25, 0.3) is 0 Å². The maximum absolute atomic E-state index is 11.3. The Morgan fingerprint density at radius 1 is 1.26 bits per heavy atom. The maximum Gasteiger partial charge on any atom is 0.354 e. The normalized spacial score (nSPS) is 14.1. The molecular weight excluding hydrogens is 294 g/mol. The second-order valence-electron chi connectivity index (χ2n) is 5.67. The molecular formula is C17H15N3O3. The van der Waals surface area contributed by atoms with E-state index >= 15 is 0 Å². The Hall–Kier alpha value is -2.89. The van der Waals surface area contributed by atoms with Crippen molar-refractivity contribution in [3.05, 3.63) is 47.8 Å². The predicted molar refractivity (Wildman–Crippen MR) is 83.9 cm³/mol. The van der Waals surface area contributed by atoms with Crippen LogP contribution in [0.4, 0.5) is 0 Å². The number of nitrogens with zero attached hydrogens (tertiary/aromatic N) is 3. The fraction of sp³-hybridized carbons (Fsp3) is 0.235. The minimum atomic E-state index is -1.01. The van der Waals surface area contributed by atoms with Crippen molar-refractivity contribution in [2.24, 2.45) is 0 Å². The molecule has 6 heteroatoms. The smallest absolute Gasteiger partial charge is 0.354 e. The molecule has 1 fully saturated rings. The lowest BCUT2D eigenvalue weighted by molar-refractivity contribution is 0.0690. The van der Waals surface area contributed by atoms with Gasteiger partial charge in [0.1, 0.15) is 5.75 Å². The predicted octanol–water partition coefficient (Wildman–Crippen LogP) is 2.98. The third kappa shape index (κ3) is 2.42. The summed E-state index contributed by atoms with van der Waals surface area (Å²) < 4.78 is 6.93. The van der Waals surface area contributed by atoms with Crippen LogP contribution in [0.25, 0.3) is 16.9 Å². The number of methoxy groups -OCH3 is 1. The van der Waals surface area contributed by atoms with Crippen LogP contribution in [0.5, 0.6) is 5.75 Å². The van der Waals surface area contributed by atoms with E-state index in [4.69, 9.17) is 4.74 Å². The third-order valence-corrected chi connectivity index (χ3v) is 4.06. The van der Waals surface area contributed by atoms with Crippen LogP contribution in [0, 0.1) is 0 Å². The van der Waals surface area contributed by atoms with E-state index in [0.717, 1.165) is 35.5 Å². The van der Waals surface area contributed by atoms with Crippen LogP contribution in [0.15, 0.2) is 36.4 Å². The molecule has 0 radical (unpaired) electrons. The Labute approximate surface area is 132 Å². The highest BCUT2D eigenvalue weighted by molar-refractivity contribution is 5.86. The molecule has 1 N–H and O–H groups in total. The Kier molecular flexibility index (Phi) is 3.04. The number of carboxylic acid groups (broad SMARTS) is 1. The average molecular weight is 309 g/mol. The van der Waals surface area contributed by atoms with E-state index in [-0.39, 0.29) is 5.69 Å². The largest absolute Gasteiger partial charge is 0.497 e. The Balaban J connectivity index is 1.85. The van der Waals surface area contributed by atoms with Crippen molar-refractivity contribution in [3.8, 4) is 17.0 Å². The number of aromatic nitrogens is 3. The number of carboxylic acids is 1. The number of hydrogen-bond donors (Lipinski definition) is 1. The highest BCUT2D eigenvalue weighted by Gasteiger charge is 2.28. The molecule has 0 aliphatic heterocycles. The molecule has 2 aromatic heterocycles. The van der Waals surface area contributed by atoms with E-state index in [0.29, 0.717) is 11.6 Å². The van der Waals surface area contributed by atoms with E-state index in [9.17, 15) is 9.90 Å². The molecule has 0 amide bonds. The number of carbonyl (C=O) groups is 1. The number of aromatic carboxylic acids is 1. The first-order valence-electron chi connectivity index (χ1n) is 7.44. The molecule has 0 saturated heterocycles. The van der Waals surface area contributed by atoms with Gasteiger partial charge in [-0.2, -0.15) is 5.10 Å². The van der Waals surface area contributed by atoms with Gasteiger partial charge in [0, 0.05) is 23.2 Å². The standard InChI is InChI=1S/C17H15N3O3/c1-23-12-6-4-10(5-7-12)13-9-16-18-14(17(21)22)8-15(11-2-3-11)20(16)19-13/h4-9,11H,2-3H2,1H3,(H,21,22). The van der Waals surface area contributed by atoms with Gasteiger partial charge in [0.2, 0.25) is 0 Å². The summed E-state index contributed by atoms with van der Waals surface area (Å²) in [5, 5.41) is 13.9. The molecule has 1 aliphatic carbocycles. The maximum atomic E-state index is 11.3. The van der Waals surface area contributed by atoms with Crippen molar-refractivity contribution in [2.45, 2.75) is 18.8 Å².